The van der Waals surface area contributed by atoms with Crippen molar-refractivity contribution in [1.82, 2.24) is 0 Å². The number of allylic oxidation sites excluding steroid dienone is 1. The highest BCUT2D eigenvalue weighted by Crippen LogP contribution is 2.45. The monoisotopic (exact) mass is 597 g/mol. The van der Waals surface area contributed by atoms with Crippen LogP contribution in [0.4, 0.5) is 0 Å². The number of aliphatic imine (C=N–C) groups is 1. The smallest absolute Gasteiger partial charge is 0.336 e. The van der Waals surface area contributed by atoms with Crippen LogP contribution in [0, 0.1) is 5.92 Å². The number of ether oxygens (including phenoxy) is 3. The van der Waals surface area contributed by atoms with Crippen LogP contribution in [0.25, 0.3) is 0 Å². The molecule has 0 bridgehead atoms. The van der Waals surface area contributed by atoms with Crippen LogP contribution in [0.1, 0.15) is 149 Å². The first-order valence-corrected chi connectivity index (χ1v) is 17.1. The molecule has 0 aromatic heterocycles. The summed E-state index contributed by atoms with van der Waals surface area (Å²) in [5, 5.41) is 0. The van der Waals surface area contributed by atoms with Gasteiger partial charge in [-0.1, -0.05) is 96.1 Å². The first kappa shape index (κ1) is 36.6. The van der Waals surface area contributed by atoms with Crippen molar-refractivity contribution >= 4 is 17.7 Å². The van der Waals surface area contributed by atoms with Crippen LogP contribution in [0.2, 0.25) is 0 Å². The van der Waals surface area contributed by atoms with Gasteiger partial charge < -0.3 is 14.2 Å². The van der Waals surface area contributed by atoms with Gasteiger partial charge in [-0.2, -0.15) is 0 Å². The van der Waals surface area contributed by atoms with E-state index in [1.807, 2.05) is 46.8 Å². The molecule has 6 heteroatoms. The van der Waals surface area contributed by atoms with Crippen molar-refractivity contribution in [3.05, 3.63) is 40.6 Å². The Morgan fingerprint density at radius 3 is 1.93 bits per heavy atom. The fraction of sp³-hybridized carbons (Fsp3) is 0.703. The van der Waals surface area contributed by atoms with Crippen molar-refractivity contribution in [2.75, 3.05) is 13.2 Å². The number of benzene rings is 1. The fourth-order valence-corrected chi connectivity index (χ4v) is 6.20. The van der Waals surface area contributed by atoms with Gasteiger partial charge in [0.1, 0.15) is 11.7 Å². The normalized spacial score (nSPS) is 16.8. The van der Waals surface area contributed by atoms with Crippen LogP contribution in [0.5, 0.6) is 5.75 Å². The van der Waals surface area contributed by atoms with Crippen molar-refractivity contribution in [3.63, 3.8) is 0 Å². The average molecular weight is 598 g/mol. The summed E-state index contributed by atoms with van der Waals surface area (Å²) in [6, 6.07) is 6.07. The van der Waals surface area contributed by atoms with Gasteiger partial charge in [-0.05, 0) is 66.0 Å². The van der Waals surface area contributed by atoms with Gasteiger partial charge in [0, 0.05) is 22.9 Å². The minimum Gasteiger partial charge on any atom is -0.494 e. The second-order valence-electron chi connectivity index (χ2n) is 12.2. The lowest BCUT2D eigenvalue weighted by Gasteiger charge is -2.34. The van der Waals surface area contributed by atoms with E-state index in [4.69, 9.17) is 14.2 Å². The van der Waals surface area contributed by atoms with Crippen molar-refractivity contribution in [2.45, 2.75) is 150 Å². The number of carbonyl (C=O) groups is 2. The molecule has 2 unspecified atom stereocenters. The number of carbonyl (C=O) groups excluding carboxylic acids is 2. The average Bonchev–Trinajstić information content (AvgIpc) is 2.95. The molecule has 242 valence electrons. The van der Waals surface area contributed by atoms with Crippen LogP contribution >= 0.6 is 0 Å². The predicted molar refractivity (Wildman–Crippen MR) is 177 cm³/mol. The molecule has 1 aromatic carbocycles. The molecule has 0 saturated carbocycles. The molecule has 6 nitrogen and oxygen atoms in total. The minimum atomic E-state index is -0.731. The number of unbranched alkanes of at least 4 members (excludes halogenated alkanes) is 12. The summed E-state index contributed by atoms with van der Waals surface area (Å²) < 4.78 is 17.4. The van der Waals surface area contributed by atoms with Crippen LogP contribution in [-0.2, 0) is 25.5 Å². The van der Waals surface area contributed by atoms with Gasteiger partial charge >= 0.3 is 11.9 Å². The Morgan fingerprint density at radius 2 is 1.40 bits per heavy atom. The lowest BCUT2D eigenvalue weighted by atomic mass is 9.73. The molecule has 1 heterocycles. The summed E-state index contributed by atoms with van der Waals surface area (Å²) in [7, 11) is 0. The van der Waals surface area contributed by atoms with E-state index in [9.17, 15) is 9.59 Å². The quantitative estimate of drug-likeness (QED) is 0.104. The van der Waals surface area contributed by atoms with E-state index in [-0.39, 0.29) is 18.7 Å². The molecular formula is C37H59NO5. The number of aryl methyl sites for hydroxylation is 1. The zero-order valence-electron chi connectivity index (χ0n) is 28.3. The van der Waals surface area contributed by atoms with Crippen LogP contribution in [0.3, 0.4) is 0 Å². The number of rotatable bonds is 21. The summed E-state index contributed by atoms with van der Waals surface area (Å²) in [6.45, 7) is 14.1. The summed E-state index contributed by atoms with van der Waals surface area (Å²) in [5.74, 6) is -1.45. The van der Waals surface area contributed by atoms with E-state index >= 15 is 0 Å². The van der Waals surface area contributed by atoms with Crippen molar-refractivity contribution in [2.24, 2.45) is 10.9 Å². The topological polar surface area (TPSA) is 74.2 Å². The van der Waals surface area contributed by atoms with Gasteiger partial charge in [0.15, 0.2) is 0 Å². The molecule has 0 aliphatic carbocycles. The van der Waals surface area contributed by atoms with Crippen LogP contribution in [0.15, 0.2) is 34.5 Å². The highest BCUT2D eigenvalue weighted by molar-refractivity contribution is 6.07. The van der Waals surface area contributed by atoms with E-state index in [0.29, 0.717) is 29.3 Å². The Labute approximate surface area is 262 Å². The fourth-order valence-electron chi connectivity index (χ4n) is 6.20. The van der Waals surface area contributed by atoms with Crippen molar-refractivity contribution < 1.29 is 23.8 Å². The molecule has 0 amide bonds. The predicted octanol–water partition coefficient (Wildman–Crippen LogP) is 9.68. The van der Waals surface area contributed by atoms with Gasteiger partial charge in [-0.3, -0.25) is 9.79 Å². The molecule has 0 spiro atoms. The molecule has 1 aliphatic rings. The standard InChI is InChI=1S/C37H59NO5/c1-8-11-12-13-14-15-16-17-18-19-20-21-22-24-30-25-23-26-31(41-9-2)34(30)35-32(36(39)42-10-3)28(6)38-29(7)33(35)37(40)43-27(4)5/h23,25-27,32,35H,8-22,24H2,1-7H3. The third kappa shape index (κ3) is 11.8. The van der Waals surface area contributed by atoms with Gasteiger partial charge in [0.2, 0.25) is 0 Å². The molecule has 2 rings (SSSR count). The molecule has 43 heavy (non-hydrogen) atoms. The van der Waals surface area contributed by atoms with Crippen molar-refractivity contribution in [1.29, 1.82) is 0 Å². The Hall–Kier alpha value is -2.63. The highest BCUT2D eigenvalue weighted by Gasteiger charge is 2.44. The van der Waals surface area contributed by atoms with E-state index in [2.05, 4.69) is 18.0 Å². The highest BCUT2D eigenvalue weighted by atomic mass is 16.5. The number of hydrogen-bond acceptors (Lipinski definition) is 6. The maximum atomic E-state index is 13.6. The van der Waals surface area contributed by atoms with Gasteiger partial charge in [-0.15, -0.1) is 0 Å². The summed E-state index contributed by atoms with van der Waals surface area (Å²) in [4.78, 5) is 31.6. The number of hydrogen-bond donors (Lipinski definition) is 0. The Balaban J connectivity index is 2.20. The molecule has 0 N–H and O–H groups in total. The molecule has 0 radical (unpaired) electrons. The lowest BCUT2D eigenvalue weighted by molar-refractivity contribution is -0.146. The number of nitrogens with zero attached hydrogens (tertiary/aromatic N) is 1. The van der Waals surface area contributed by atoms with E-state index in [1.54, 1.807) is 6.92 Å². The SMILES string of the molecule is CCCCCCCCCCCCCCCc1cccc(OCC)c1C1C(C(=O)OC(C)C)=C(C)N=C(C)C1C(=O)OCC. The summed E-state index contributed by atoms with van der Waals surface area (Å²) >= 11 is 0. The molecule has 1 aromatic rings. The molecule has 0 saturated heterocycles. The zero-order chi connectivity index (χ0) is 31.6. The Kier molecular flexibility index (Phi) is 17.3. The van der Waals surface area contributed by atoms with Crippen LogP contribution in [-0.4, -0.2) is 37.0 Å². The largest absolute Gasteiger partial charge is 0.494 e. The minimum absolute atomic E-state index is 0.253. The van der Waals surface area contributed by atoms with E-state index in [1.165, 1.54) is 70.6 Å². The Bertz CT molecular complexity index is 1060. The third-order valence-corrected chi connectivity index (χ3v) is 8.25. The molecule has 0 fully saturated rings. The number of esters is 2. The van der Waals surface area contributed by atoms with Crippen molar-refractivity contribution in [3.8, 4) is 5.75 Å². The summed E-state index contributed by atoms with van der Waals surface area (Å²) in [6.07, 6.45) is 17.5. The van der Waals surface area contributed by atoms with E-state index < -0.39 is 17.8 Å². The first-order valence-electron chi connectivity index (χ1n) is 17.1. The van der Waals surface area contributed by atoms with Gasteiger partial charge in [-0.25, -0.2) is 4.79 Å². The second-order valence-corrected chi connectivity index (χ2v) is 12.2. The lowest BCUT2D eigenvalue weighted by Crippen LogP contribution is -2.37. The molecule has 2 atom stereocenters. The maximum absolute atomic E-state index is 13.6. The van der Waals surface area contributed by atoms with Crippen LogP contribution < -0.4 is 4.74 Å². The third-order valence-electron chi connectivity index (χ3n) is 8.25. The first-order chi connectivity index (χ1) is 20.8. The maximum Gasteiger partial charge on any atom is 0.336 e. The van der Waals surface area contributed by atoms with Gasteiger partial charge in [0.25, 0.3) is 0 Å². The van der Waals surface area contributed by atoms with Gasteiger partial charge in [0.05, 0.1) is 24.9 Å². The Morgan fingerprint density at radius 1 is 0.814 bits per heavy atom. The summed E-state index contributed by atoms with van der Waals surface area (Å²) in [5.41, 5.74) is 3.61. The molecule has 1 aliphatic heterocycles. The van der Waals surface area contributed by atoms with E-state index in [0.717, 1.165) is 30.4 Å². The zero-order valence-corrected chi connectivity index (χ0v) is 28.3. The second kappa shape index (κ2) is 20.3. The molecular weight excluding hydrogens is 538 g/mol.